The average molecular weight is 224 g/mol. The predicted molar refractivity (Wildman–Crippen MR) is 61.1 cm³/mol. The summed E-state index contributed by atoms with van der Waals surface area (Å²) >= 11 is 0. The van der Waals surface area contributed by atoms with E-state index in [-0.39, 0.29) is 24.2 Å². The molecule has 1 atom stereocenters. The molecule has 16 heavy (non-hydrogen) atoms. The van der Waals surface area contributed by atoms with Gasteiger partial charge < -0.3 is 11.1 Å². The number of nitrogens with two attached hydrogens (primary N) is 1. The van der Waals surface area contributed by atoms with Crippen molar-refractivity contribution in [1.29, 1.82) is 0 Å². The van der Waals surface area contributed by atoms with E-state index < -0.39 is 0 Å². The van der Waals surface area contributed by atoms with E-state index in [1.165, 1.54) is 6.07 Å². The van der Waals surface area contributed by atoms with E-state index in [0.717, 1.165) is 0 Å². The molecular weight excluding hydrogens is 207 g/mol. The van der Waals surface area contributed by atoms with E-state index in [2.05, 4.69) is 5.32 Å². The van der Waals surface area contributed by atoms with Crippen LogP contribution >= 0.6 is 0 Å². The number of nitrogens with one attached hydrogen (secondary N) is 1. The first-order valence-electron chi connectivity index (χ1n) is 5.36. The van der Waals surface area contributed by atoms with Crippen LogP contribution < -0.4 is 11.1 Å². The number of halogens is 1. The molecule has 0 bridgehead atoms. The minimum atomic E-state index is -0.297. The second kappa shape index (κ2) is 6.23. The van der Waals surface area contributed by atoms with E-state index >= 15 is 0 Å². The Morgan fingerprint density at radius 3 is 2.81 bits per heavy atom. The zero-order valence-electron chi connectivity index (χ0n) is 9.37. The molecule has 0 saturated carbocycles. The molecule has 0 heterocycles. The lowest BCUT2D eigenvalue weighted by Crippen LogP contribution is -2.30. The van der Waals surface area contributed by atoms with Gasteiger partial charge in [-0.3, -0.25) is 4.79 Å². The van der Waals surface area contributed by atoms with Crippen molar-refractivity contribution in [2.24, 2.45) is 11.7 Å². The summed E-state index contributed by atoms with van der Waals surface area (Å²) in [6.45, 7) is 2.51. The lowest BCUT2D eigenvalue weighted by Gasteiger charge is -2.11. The van der Waals surface area contributed by atoms with Gasteiger partial charge in [0.25, 0.3) is 0 Å². The molecule has 0 fully saturated rings. The number of hydrogen-bond donors (Lipinski definition) is 2. The average Bonchev–Trinajstić information content (AvgIpc) is 2.28. The van der Waals surface area contributed by atoms with Crippen LogP contribution in [0.2, 0.25) is 0 Å². The summed E-state index contributed by atoms with van der Waals surface area (Å²) in [5.74, 6) is -0.514. The van der Waals surface area contributed by atoms with E-state index in [0.29, 0.717) is 18.5 Å². The Hall–Kier alpha value is -1.42. The van der Waals surface area contributed by atoms with Crippen molar-refractivity contribution in [2.45, 2.75) is 19.9 Å². The van der Waals surface area contributed by atoms with Crippen LogP contribution in [0.5, 0.6) is 0 Å². The fraction of sp³-hybridized carbons (Fsp3) is 0.417. The van der Waals surface area contributed by atoms with Gasteiger partial charge >= 0.3 is 0 Å². The third kappa shape index (κ3) is 3.62. The van der Waals surface area contributed by atoms with Crippen LogP contribution in [0, 0.1) is 11.7 Å². The first-order valence-corrected chi connectivity index (χ1v) is 5.36. The molecule has 1 aromatic rings. The molecule has 3 nitrogen and oxygen atoms in total. The summed E-state index contributed by atoms with van der Waals surface area (Å²) in [6.07, 6.45) is 0.642. The maximum Gasteiger partial charge on any atom is 0.223 e. The van der Waals surface area contributed by atoms with Crippen molar-refractivity contribution in [3.63, 3.8) is 0 Å². The monoisotopic (exact) mass is 224 g/mol. The van der Waals surface area contributed by atoms with Crippen LogP contribution in [0.25, 0.3) is 0 Å². The molecule has 1 rings (SSSR count). The van der Waals surface area contributed by atoms with Crippen LogP contribution in [-0.4, -0.2) is 12.5 Å². The maximum atomic E-state index is 13.2. The Kier molecular flexibility index (Phi) is 4.92. The van der Waals surface area contributed by atoms with Gasteiger partial charge in [-0.15, -0.1) is 0 Å². The number of carbonyl (C=O) groups excluding carboxylic acids is 1. The Bertz CT molecular complexity index is 355. The molecule has 3 N–H and O–H groups in total. The molecule has 1 unspecified atom stereocenters. The number of carbonyl (C=O) groups is 1. The molecule has 0 radical (unpaired) electrons. The van der Waals surface area contributed by atoms with E-state index in [1.54, 1.807) is 18.2 Å². The van der Waals surface area contributed by atoms with Gasteiger partial charge in [0, 0.05) is 18.0 Å². The van der Waals surface area contributed by atoms with E-state index in [4.69, 9.17) is 5.73 Å². The summed E-state index contributed by atoms with van der Waals surface area (Å²) in [7, 11) is 0. The smallest absolute Gasteiger partial charge is 0.223 e. The van der Waals surface area contributed by atoms with Crippen molar-refractivity contribution < 1.29 is 9.18 Å². The lowest BCUT2D eigenvalue weighted by atomic mass is 10.1. The Morgan fingerprint density at radius 2 is 2.19 bits per heavy atom. The van der Waals surface area contributed by atoms with Crippen LogP contribution in [-0.2, 0) is 11.3 Å². The third-order valence-electron chi connectivity index (χ3n) is 2.46. The summed E-state index contributed by atoms with van der Waals surface area (Å²) in [4.78, 5) is 11.5. The van der Waals surface area contributed by atoms with Gasteiger partial charge in [-0.1, -0.05) is 25.1 Å². The van der Waals surface area contributed by atoms with Gasteiger partial charge in [0.15, 0.2) is 0 Å². The summed E-state index contributed by atoms with van der Waals surface area (Å²) in [5.41, 5.74) is 5.85. The van der Waals surface area contributed by atoms with Crippen LogP contribution in [0.4, 0.5) is 4.39 Å². The molecule has 0 spiro atoms. The molecule has 0 aromatic heterocycles. The standard InChI is InChI=1S/C12H17FN2O/c1-9(6-7-14)12(16)15-8-10-4-2-3-5-11(10)13/h2-5,9H,6-8,14H2,1H3,(H,15,16). The van der Waals surface area contributed by atoms with Crippen molar-refractivity contribution in [1.82, 2.24) is 5.32 Å². The first-order chi connectivity index (χ1) is 7.65. The summed E-state index contributed by atoms with van der Waals surface area (Å²) in [6, 6.07) is 6.40. The molecule has 0 aliphatic heterocycles. The largest absolute Gasteiger partial charge is 0.352 e. The lowest BCUT2D eigenvalue weighted by molar-refractivity contribution is -0.124. The summed E-state index contributed by atoms with van der Waals surface area (Å²) < 4.78 is 13.2. The second-order valence-electron chi connectivity index (χ2n) is 3.79. The molecule has 0 saturated heterocycles. The number of amides is 1. The molecule has 0 aliphatic rings. The molecule has 1 aromatic carbocycles. The Balaban J connectivity index is 2.46. The molecule has 4 heteroatoms. The zero-order chi connectivity index (χ0) is 12.0. The van der Waals surface area contributed by atoms with Crippen LogP contribution in [0.1, 0.15) is 18.9 Å². The number of hydrogen-bond acceptors (Lipinski definition) is 2. The third-order valence-corrected chi connectivity index (χ3v) is 2.46. The second-order valence-corrected chi connectivity index (χ2v) is 3.79. The van der Waals surface area contributed by atoms with Gasteiger partial charge in [0.05, 0.1) is 0 Å². The summed E-state index contributed by atoms with van der Waals surface area (Å²) in [5, 5.41) is 2.69. The highest BCUT2D eigenvalue weighted by Gasteiger charge is 2.11. The fourth-order valence-corrected chi connectivity index (χ4v) is 1.38. The van der Waals surface area contributed by atoms with E-state index in [9.17, 15) is 9.18 Å². The predicted octanol–water partition coefficient (Wildman–Crippen LogP) is 1.43. The van der Waals surface area contributed by atoms with E-state index in [1.807, 2.05) is 6.92 Å². The first kappa shape index (κ1) is 12.6. The molecule has 1 amide bonds. The SMILES string of the molecule is CC(CCN)C(=O)NCc1ccccc1F. The van der Waals surface area contributed by atoms with Crippen LogP contribution in [0.3, 0.4) is 0 Å². The maximum absolute atomic E-state index is 13.2. The van der Waals surface area contributed by atoms with Crippen molar-refractivity contribution in [2.75, 3.05) is 6.54 Å². The van der Waals surface area contributed by atoms with Crippen molar-refractivity contribution in [3.05, 3.63) is 35.6 Å². The van der Waals surface area contributed by atoms with Gasteiger partial charge in [0.1, 0.15) is 5.82 Å². The number of rotatable bonds is 5. The Labute approximate surface area is 94.8 Å². The van der Waals surface area contributed by atoms with Crippen molar-refractivity contribution in [3.8, 4) is 0 Å². The highest BCUT2D eigenvalue weighted by molar-refractivity contribution is 5.78. The normalized spacial score (nSPS) is 12.2. The molecule has 0 aliphatic carbocycles. The minimum Gasteiger partial charge on any atom is -0.352 e. The topological polar surface area (TPSA) is 55.1 Å². The Morgan fingerprint density at radius 1 is 1.50 bits per heavy atom. The quantitative estimate of drug-likeness (QED) is 0.795. The van der Waals surface area contributed by atoms with Gasteiger partial charge in [-0.25, -0.2) is 4.39 Å². The molecular formula is C12H17FN2O. The highest BCUT2D eigenvalue weighted by atomic mass is 19.1. The van der Waals surface area contributed by atoms with Gasteiger partial charge in [-0.05, 0) is 19.0 Å². The van der Waals surface area contributed by atoms with Crippen LogP contribution in [0.15, 0.2) is 24.3 Å². The fourth-order valence-electron chi connectivity index (χ4n) is 1.38. The highest BCUT2D eigenvalue weighted by Crippen LogP contribution is 2.06. The number of benzene rings is 1. The minimum absolute atomic E-state index is 0.0892. The molecule has 88 valence electrons. The zero-order valence-corrected chi connectivity index (χ0v) is 9.37. The van der Waals surface area contributed by atoms with Gasteiger partial charge in [0.2, 0.25) is 5.91 Å². The van der Waals surface area contributed by atoms with Gasteiger partial charge in [-0.2, -0.15) is 0 Å². The van der Waals surface area contributed by atoms with Crippen molar-refractivity contribution >= 4 is 5.91 Å².